The molecule has 2 rings (SSSR count). The Hall–Kier alpha value is -1.17. The van der Waals surface area contributed by atoms with Crippen LogP contribution >= 0.6 is 12.4 Å². The van der Waals surface area contributed by atoms with Crippen molar-refractivity contribution in [2.75, 3.05) is 26.8 Å². The summed E-state index contributed by atoms with van der Waals surface area (Å²) in [5, 5.41) is 6.14. The molecule has 1 fully saturated rings. The third-order valence-corrected chi connectivity index (χ3v) is 3.46. The third-order valence-electron chi connectivity index (χ3n) is 3.46. The molecule has 0 spiro atoms. The minimum atomic E-state index is -0.500. The molecule has 6 heteroatoms. The van der Waals surface area contributed by atoms with Crippen LogP contribution in [0.25, 0.3) is 0 Å². The Morgan fingerprint density at radius 3 is 2.85 bits per heavy atom. The average molecular weight is 303 g/mol. The lowest BCUT2D eigenvalue weighted by Gasteiger charge is -2.29. The van der Waals surface area contributed by atoms with E-state index in [0.29, 0.717) is 13.2 Å². The number of carbonyl (C=O) groups excluding carboxylic acids is 1. The first kappa shape index (κ1) is 16.9. The second-order valence-electron chi connectivity index (χ2n) is 4.91. The molecule has 1 saturated heterocycles. The van der Waals surface area contributed by atoms with Crippen LogP contribution in [0.2, 0.25) is 0 Å². The Labute approximate surface area is 124 Å². The molecular weight excluding hydrogens is 283 g/mol. The van der Waals surface area contributed by atoms with Crippen LogP contribution in [0.4, 0.5) is 4.39 Å². The highest BCUT2D eigenvalue weighted by Crippen LogP contribution is 2.19. The second-order valence-corrected chi connectivity index (χ2v) is 4.91. The average Bonchev–Trinajstić information content (AvgIpc) is 2.86. The van der Waals surface area contributed by atoms with Crippen LogP contribution in [0, 0.1) is 5.82 Å². The maximum absolute atomic E-state index is 13.5. The number of nitrogens with one attached hydrogen (secondary N) is 2. The zero-order valence-corrected chi connectivity index (χ0v) is 12.3. The van der Waals surface area contributed by atoms with E-state index in [-0.39, 0.29) is 29.4 Å². The molecule has 1 aliphatic rings. The molecular formula is C14H20ClFN2O2. The van der Waals surface area contributed by atoms with Gasteiger partial charge in [-0.15, -0.1) is 12.4 Å². The number of benzene rings is 1. The molecule has 2 N–H and O–H groups in total. The van der Waals surface area contributed by atoms with Crippen LogP contribution in [0.5, 0.6) is 0 Å². The summed E-state index contributed by atoms with van der Waals surface area (Å²) in [7, 11) is 1.64. The van der Waals surface area contributed by atoms with Crippen LogP contribution in [-0.4, -0.2) is 38.3 Å². The minimum absolute atomic E-state index is 0. The number of halogens is 2. The van der Waals surface area contributed by atoms with E-state index in [1.54, 1.807) is 19.2 Å². The normalized spacial score (nSPS) is 21.3. The van der Waals surface area contributed by atoms with Crippen molar-refractivity contribution in [2.24, 2.45) is 0 Å². The largest absolute Gasteiger partial charge is 0.383 e. The summed E-state index contributed by atoms with van der Waals surface area (Å²) in [6.07, 6.45) is 2.00. The van der Waals surface area contributed by atoms with E-state index in [0.717, 1.165) is 19.4 Å². The van der Waals surface area contributed by atoms with E-state index in [4.69, 9.17) is 4.74 Å². The van der Waals surface area contributed by atoms with Gasteiger partial charge in [-0.05, 0) is 31.5 Å². The van der Waals surface area contributed by atoms with Gasteiger partial charge in [0.05, 0.1) is 17.7 Å². The zero-order chi connectivity index (χ0) is 13.7. The van der Waals surface area contributed by atoms with Gasteiger partial charge in [0.25, 0.3) is 5.91 Å². The summed E-state index contributed by atoms with van der Waals surface area (Å²) in [6.45, 7) is 1.89. The van der Waals surface area contributed by atoms with Gasteiger partial charge in [0.2, 0.25) is 0 Å². The number of rotatable bonds is 5. The van der Waals surface area contributed by atoms with Crippen LogP contribution in [0.1, 0.15) is 23.2 Å². The molecule has 1 amide bonds. The number of hydrogen-bond donors (Lipinski definition) is 2. The summed E-state index contributed by atoms with van der Waals surface area (Å²) >= 11 is 0. The number of ether oxygens (including phenoxy) is 1. The van der Waals surface area contributed by atoms with Gasteiger partial charge in [0, 0.05) is 13.7 Å². The van der Waals surface area contributed by atoms with Crippen LogP contribution in [-0.2, 0) is 4.74 Å². The van der Waals surface area contributed by atoms with E-state index < -0.39 is 5.82 Å². The molecule has 1 atom stereocenters. The molecule has 0 aliphatic carbocycles. The first-order valence-corrected chi connectivity index (χ1v) is 6.44. The summed E-state index contributed by atoms with van der Waals surface area (Å²) in [4.78, 5) is 11.9. The Morgan fingerprint density at radius 2 is 2.25 bits per heavy atom. The van der Waals surface area contributed by atoms with Crippen LogP contribution in [0.15, 0.2) is 24.3 Å². The van der Waals surface area contributed by atoms with Gasteiger partial charge in [0.1, 0.15) is 5.82 Å². The molecule has 1 aliphatic heterocycles. The summed E-state index contributed by atoms with van der Waals surface area (Å²) in [5.74, 6) is -0.887. The van der Waals surface area contributed by atoms with Crippen LogP contribution < -0.4 is 10.6 Å². The van der Waals surface area contributed by atoms with E-state index in [2.05, 4.69) is 10.6 Å². The molecule has 1 aromatic carbocycles. The molecule has 0 saturated carbocycles. The molecule has 0 radical (unpaired) electrons. The monoisotopic (exact) mass is 302 g/mol. The fourth-order valence-electron chi connectivity index (χ4n) is 2.46. The number of amides is 1. The topological polar surface area (TPSA) is 50.4 Å². The van der Waals surface area contributed by atoms with E-state index in [9.17, 15) is 9.18 Å². The Morgan fingerprint density at radius 1 is 1.50 bits per heavy atom. The van der Waals surface area contributed by atoms with E-state index in [1.165, 1.54) is 12.1 Å². The van der Waals surface area contributed by atoms with Crippen molar-refractivity contribution in [3.63, 3.8) is 0 Å². The standard InChI is InChI=1S/C14H19FN2O2.ClH/c1-19-10-14(7-4-8-17-14)9-16-13(18)11-5-2-3-6-12(11)15;/h2-3,5-6,17H,4,7-10H2,1H3,(H,16,18);1H. The quantitative estimate of drug-likeness (QED) is 0.871. The van der Waals surface area contributed by atoms with Gasteiger partial charge in [0.15, 0.2) is 0 Å². The maximum Gasteiger partial charge on any atom is 0.254 e. The Kier molecular flexibility index (Phi) is 6.39. The van der Waals surface area contributed by atoms with Crippen molar-refractivity contribution in [1.29, 1.82) is 0 Å². The van der Waals surface area contributed by atoms with Gasteiger partial charge in [-0.1, -0.05) is 12.1 Å². The summed E-state index contributed by atoms with van der Waals surface area (Å²) in [6, 6.07) is 5.98. The van der Waals surface area contributed by atoms with Crippen molar-refractivity contribution in [3.8, 4) is 0 Å². The highest BCUT2D eigenvalue weighted by Gasteiger charge is 2.33. The first-order chi connectivity index (χ1) is 9.17. The molecule has 1 heterocycles. The fourth-order valence-corrected chi connectivity index (χ4v) is 2.46. The van der Waals surface area contributed by atoms with Gasteiger partial charge in [-0.25, -0.2) is 4.39 Å². The highest BCUT2D eigenvalue weighted by atomic mass is 35.5. The SMILES string of the molecule is COCC1(CNC(=O)c2ccccc2F)CCCN1.Cl. The highest BCUT2D eigenvalue weighted by molar-refractivity contribution is 5.94. The Bertz CT molecular complexity index is 451. The van der Waals surface area contributed by atoms with Gasteiger partial charge in [-0.3, -0.25) is 4.79 Å². The molecule has 112 valence electrons. The lowest BCUT2D eigenvalue weighted by Crippen LogP contribution is -2.53. The molecule has 20 heavy (non-hydrogen) atoms. The van der Waals surface area contributed by atoms with Crippen LogP contribution in [0.3, 0.4) is 0 Å². The fraction of sp³-hybridized carbons (Fsp3) is 0.500. The van der Waals surface area contributed by atoms with Crippen molar-refractivity contribution in [2.45, 2.75) is 18.4 Å². The van der Waals surface area contributed by atoms with Gasteiger partial charge >= 0.3 is 0 Å². The minimum Gasteiger partial charge on any atom is -0.383 e. The number of hydrogen-bond acceptors (Lipinski definition) is 3. The summed E-state index contributed by atoms with van der Waals surface area (Å²) < 4.78 is 18.7. The smallest absolute Gasteiger partial charge is 0.254 e. The van der Waals surface area contributed by atoms with E-state index in [1.807, 2.05) is 0 Å². The third kappa shape index (κ3) is 3.91. The van der Waals surface area contributed by atoms with Crippen molar-refractivity contribution >= 4 is 18.3 Å². The number of methoxy groups -OCH3 is 1. The van der Waals surface area contributed by atoms with Crippen molar-refractivity contribution in [3.05, 3.63) is 35.6 Å². The molecule has 0 aromatic heterocycles. The molecule has 1 aromatic rings. The molecule has 4 nitrogen and oxygen atoms in total. The van der Waals surface area contributed by atoms with E-state index >= 15 is 0 Å². The lowest BCUT2D eigenvalue weighted by atomic mass is 9.98. The predicted molar refractivity (Wildman–Crippen MR) is 77.8 cm³/mol. The maximum atomic E-state index is 13.5. The zero-order valence-electron chi connectivity index (χ0n) is 11.4. The van der Waals surface area contributed by atoms with Crippen molar-refractivity contribution < 1.29 is 13.9 Å². The first-order valence-electron chi connectivity index (χ1n) is 6.44. The van der Waals surface area contributed by atoms with Gasteiger partial charge < -0.3 is 15.4 Å². The summed E-state index contributed by atoms with van der Waals surface area (Å²) in [5.41, 5.74) is -0.150. The second kappa shape index (κ2) is 7.57. The Balaban J connectivity index is 0.00000200. The van der Waals surface area contributed by atoms with Crippen molar-refractivity contribution in [1.82, 2.24) is 10.6 Å². The molecule has 1 unspecified atom stereocenters. The predicted octanol–water partition coefficient (Wildman–Crippen LogP) is 1.75. The number of carbonyl (C=O) groups is 1. The van der Waals surface area contributed by atoms with Gasteiger partial charge in [-0.2, -0.15) is 0 Å². The lowest BCUT2D eigenvalue weighted by molar-refractivity contribution is 0.0888. The molecule has 0 bridgehead atoms.